The van der Waals surface area contributed by atoms with Gasteiger partial charge in [-0.05, 0) is 26.0 Å². The molecule has 0 aliphatic rings. The highest BCUT2D eigenvalue weighted by atomic mass is 16.1. The van der Waals surface area contributed by atoms with Gasteiger partial charge in [-0.25, -0.2) is 0 Å². The Morgan fingerprint density at radius 1 is 1.36 bits per heavy atom. The van der Waals surface area contributed by atoms with Crippen molar-refractivity contribution in [2.75, 3.05) is 5.32 Å². The summed E-state index contributed by atoms with van der Waals surface area (Å²) in [5, 5.41) is 2.78. The van der Waals surface area contributed by atoms with Crippen molar-refractivity contribution in [3.8, 4) is 0 Å². The molecule has 76 valence electrons. The lowest BCUT2D eigenvalue weighted by molar-refractivity contribution is -0.117. The molecule has 0 unspecified atom stereocenters. The average molecular weight is 192 g/mol. The van der Waals surface area contributed by atoms with Crippen molar-refractivity contribution in [2.45, 2.75) is 25.8 Å². The summed E-state index contributed by atoms with van der Waals surface area (Å²) in [7, 11) is 0. The van der Waals surface area contributed by atoms with E-state index in [1.165, 1.54) is 0 Å². The lowest BCUT2D eigenvalue weighted by atomic mass is 10.0. The SMILES string of the molecule is CC(C)(N)CC(=O)Nc1ccccc1. The highest BCUT2D eigenvalue weighted by Crippen LogP contribution is 2.09. The van der Waals surface area contributed by atoms with Crippen molar-refractivity contribution in [2.24, 2.45) is 5.73 Å². The molecule has 3 heteroatoms. The minimum atomic E-state index is -0.459. The Balaban J connectivity index is 2.50. The van der Waals surface area contributed by atoms with Crippen LogP contribution in [0.3, 0.4) is 0 Å². The number of carbonyl (C=O) groups excluding carboxylic acids is 1. The Bertz CT molecular complexity index is 301. The fourth-order valence-corrected chi connectivity index (χ4v) is 1.14. The number of nitrogens with two attached hydrogens (primary N) is 1. The van der Waals surface area contributed by atoms with Gasteiger partial charge in [0.05, 0.1) is 0 Å². The number of hydrogen-bond donors (Lipinski definition) is 2. The topological polar surface area (TPSA) is 55.1 Å². The third kappa shape index (κ3) is 4.05. The molecule has 3 nitrogen and oxygen atoms in total. The van der Waals surface area contributed by atoms with E-state index in [1.54, 1.807) is 0 Å². The van der Waals surface area contributed by atoms with Crippen LogP contribution in [0.25, 0.3) is 0 Å². The van der Waals surface area contributed by atoms with Crippen LogP contribution in [0, 0.1) is 0 Å². The Kier molecular flexibility index (Phi) is 3.25. The van der Waals surface area contributed by atoms with E-state index in [0.717, 1.165) is 5.69 Å². The molecule has 1 rings (SSSR count). The van der Waals surface area contributed by atoms with E-state index in [1.807, 2.05) is 44.2 Å². The zero-order chi connectivity index (χ0) is 10.6. The molecule has 0 bridgehead atoms. The first-order valence-corrected chi connectivity index (χ1v) is 4.61. The maximum atomic E-state index is 11.4. The molecule has 0 spiro atoms. The van der Waals surface area contributed by atoms with Crippen molar-refractivity contribution < 1.29 is 4.79 Å². The number of nitrogens with one attached hydrogen (secondary N) is 1. The fraction of sp³-hybridized carbons (Fsp3) is 0.364. The average Bonchev–Trinajstić information content (AvgIpc) is 2.02. The summed E-state index contributed by atoms with van der Waals surface area (Å²) < 4.78 is 0. The Labute approximate surface area is 84.3 Å². The minimum Gasteiger partial charge on any atom is -0.326 e. The molecule has 1 aromatic rings. The van der Waals surface area contributed by atoms with Gasteiger partial charge in [-0.2, -0.15) is 0 Å². The summed E-state index contributed by atoms with van der Waals surface area (Å²) in [4.78, 5) is 11.4. The van der Waals surface area contributed by atoms with Gasteiger partial charge in [0.15, 0.2) is 0 Å². The molecule has 1 amide bonds. The van der Waals surface area contributed by atoms with Crippen LogP contribution < -0.4 is 11.1 Å². The molecule has 0 aliphatic heterocycles. The fourth-order valence-electron chi connectivity index (χ4n) is 1.14. The molecule has 0 aromatic heterocycles. The van der Waals surface area contributed by atoms with E-state index in [0.29, 0.717) is 6.42 Å². The third-order valence-corrected chi connectivity index (χ3v) is 1.67. The van der Waals surface area contributed by atoms with Gasteiger partial charge in [-0.1, -0.05) is 18.2 Å². The molecule has 0 heterocycles. The quantitative estimate of drug-likeness (QED) is 0.766. The summed E-state index contributed by atoms with van der Waals surface area (Å²) in [5.74, 6) is -0.0521. The lowest BCUT2D eigenvalue weighted by Crippen LogP contribution is -2.36. The van der Waals surface area contributed by atoms with Crippen LogP contribution in [0.2, 0.25) is 0 Å². The van der Waals surface area contributed by atoms with E-state index >= 15 is 0 Å². The molecule has 14 heavy (non-hydrogen) atoms. The van der Waals surface area contributed by atoms with Crippen LogP contribution >= 0.6 is 0 Å². The summed E-state index contributed by atoms with van der Waals surface area (Å²) in [5.41, 5.74) is 6.08. The monoisotopic (exact) mass is 192 g/mol. The number of para-hydroxylation sites is 1. The van der Waals surface area contributed by atoms with Crippen LogP contribution in [-0.2, 0) is 4.79 Å². The van der Waals surface area contributed by atoms with Crippen molar-refractivity contribution in [3.05, 3.63) is 30.3 Å². The van der Waals surface area contributed by atoms with Gasteiger partial charge in [0.2, 0.25) is 5.91 Å². The Morgan fingerprint density at radius 2 is 1.93 bits per heavy atom. The summed E-state index contributed by atoms with van der Waals surface area (Å²) in [6.45, 7) is 3.66. The van der Waals surface area contributed by atoms with Crippen molar-refractivity contribution >= 4 is 11.6 Å². The predicted molar refractivity (Wildman–Crippen MR) is 58.0 cm³/mol. The Morgan fingerprint density at radius 3 is 2.43 bits per heavy atom. The third-order valence-electron chi connectivity index (χ3n) is 1.67. The zero-order valence-electron chi connectivity index (χ0n) is 8.58. The van der Waals surface area contributed by atoms with E-state index in [4.69, 9.17) is 5.73 Å². The van der Waals surface area contributed by atoms with E-state index in [-0.39, 0.29) is 5.91 Å². The maximum Gasteiger partial charge on any atom is 0.226 e. The largest absolute Gasteiger partial charge is 0.326 e. The van der Waals surface area contributed by atoms with Crippen molar-refractivity contribution in [1.29, 1.82) is 0 Å². The first-order valence-electron chi connectivity index (χ1n) is 4.61. The molecular weight excluding hydrogens is 176 g/mol. The Hall–Kier alpha value is -1.35. The second-order valence-electron chi connectivity index (χ2n) is 4.08. The van der Waals surface area contributed by atoms with E-state index < -0.39 is 5.54 Å². The van der Waals surface area contributed by atoms with Crippen LogP contribution in [0.15, 0.2) is 30.3 Å². The smallest absolute Gasteiger partial charge is 0.226 e. The van der Waals surface area contributed by atoms with Crippen LogP contribution in [0.4, 0.5) is 5.69 Å². The zero-order valence-corrected chi connectivity index (χ0v) is 8.58. The molecular formula is C11H16N2O. The normalized spacial score (nSPS) is 11.1. The number of amides is 1. The second kappa shape index (κ2) is 4.24. The van der Waals surface area contributed by atoms with Gasteiger partial charge in [0.25, 0.3) is 0 Å². The van der Waals surface area contributed by atoms with Gasteiger partial charge in [0, 0.05) is 17.6 Å². The number of carbonyl (C=O) groups is 1. The molecule has 3 N–H and O–H groups in total. The number of anilines is 1. The van der Waals surface area contributed by atoms with Crippen molar-refractivity contribution in [3.63, 3.8) is 0 Å². The summed E-state index contributed by atoms with van der Waals surface area (Å²) >= 11 is 0. The van der Waals surface area contributed by atoms with Gasteiger partial charge in [-0.15, -0.1) is 0 Å². The minimum absolute atomic E-state index is 0.0521. The maximum absolute atomic E-state index is 11.4. The van der Waals surface area contributed by atoms with E-state index in [9.17, 15) is 4.79 Å². The molecule has 0 radical (unpaired) electrons. The van der Waals surface area contributed by atoms with Crippen molar-refractivity contribution in [1.82, 2.24) is 0 Å². The highest BCUT2D eigenvalue weighted by molar-refractivity contribution is 5.91. The molecule has 0 fully saturated rings. The highest BCUT2D eigenvalue weighted by Gasteiger charge is 2.15. The molecule has 1 aromatic carbocycles. The van der Waals surface area contributed by atoms with Gasteiger partial charge in [0.1, 0.15) is 0 Å². The standard InChI is InChI=1S/C11H16N2O/c1-11(2,12)8-10(14)13-9-6-4-3-5-7-9/h3-7H,8,12H2,1-2H3,(H,13,14). The molecule has 0 saturated carbocycles. The van der Waals surface area contributed by atoms with Gasteiger partial charge >= 0.3 is 0 Å². The molecule has 0 aliphatic carbocycles. The van der Waals surface area contributed by atoms with E-state index in [2.05, 4.69) is 5.32 Å². The number of rotatable bonds is 3. The van der Waals surface area contributed by atoms with Crippen LogP contribution in [0.1, 0.15) is 20.3 Å². The number of hydrogen-bond acceptors (Lipinski definition) is 2. The lowest BCUT2D eigenvalue weighted by Gasteiger charge is -2.17. The first kappa shape index (κ1) is 10.7. The number of benzene rings is 1. The molecule has 0 atom stereocenters. The predicted octanol–water partition coefficient (Wildman–Crippen LogP) is 1.75. The van der Waals surface area contributed by atoms with Crippen LogP contribution in [0.5, 0.6) is 0 Å². The van der Waals surface area contributed by atoms with Gasteiger partial charge in [-0.3, -0.25) is 4.79 Å². The van der Waals surface area contributed by atoms with Gasteiger partial charge < -0.3 is 11.1 Å². The van der Waals surface area contributed by atoms with Crippen LogP contribution in [-0.4, -0.2) is 11.4 Å². The summed E-state index contributed by atoms with van der Waals surface area (Å²) in [6, 6.07) is 9.36. The molecule has 0 saturated heterocycles. The second-order valence-corrected chi connectivity index (χ2v) is 4.08. The first-order chi connectivity index (χ1) is 6.47. The summed E-state index contributed by atoms with van der Waals surface area (Å²) in [6.07, 6.45) is 0.321.